The summed E-state index contributed by atoms with van der Waals surface area (Å²) in [5.41, 5.74) is 1.40. The Kier molecular flexibility index (Phi) is 2.44. The molecular weight excluding hydrogens is 151 g/mol. The molecule has 1 aromatic carbocycles. The monoisotopic (exact) mass is 162 g/mol. The van der Waals surface area contributed by atoms with Crippen molar-refractivity contribution >= 4 is 17.7 Å². The summed E-state index contributed by atoms with van der Waals surface area (Å²) in [5.74, 6) is 0. The number of hydrogen-bond acceptors (Lipinski definition) is 0. The van der Waals surface area contributed by atoms with Crippen LogP contribution in [0.5, 0.6) is 0 Å². The predicted molar refractivity (Wildman–Crippen MR) is 56.8 cm³/mol. The molecule has 13 heavy (non-hydrogen) atoms. The third-order valence-electron chi connectivity index (χ3n) is 2.69. The fraction of sp³-hybridized carbons (Fsp3) is 0.167. The first-order valence-electron chi connectivity index (χ1n) is 4.71. The first kappa shape index (κ1) is 8.88. The van der Waals surface area contributed by atoms with Crippen molar-refractivity contribution in [3.63, 3.8) is 0 Å². The van der Waals surface area contributed by atoms with Crippen molar-refractivity contribution < 1.29 is 0 Å². The first-order chi connectivity index (χ1) is 6.31. The van der Waals surface area contributed by atoms with Crippen LogP contribution in [0.3, 0.4) is 0 Å². The zero-order chi connectivity index (χ0) is 9.15. The summed E-state index contributed by atoms with van der Waals surface area (Å²) in [6.45, 7) is 0. The van der Waals surface area contributed by atoms with E-state index in [1.807, 2.05) is 0 Å². The second-order valence-electron chi connectivity index (χ2n) is 3.77. The summed E-state index contributed by atoms with van der Waals surface area (Å²) in [6.07, 6.45) is 9.87. The molecule has 1 atom stereocenters. The topological polar surface area (TPSA) is 0 Å². The molecule has 0 nitrogen and oxygen atoms in total. The molecule has 0 radical (unpaired) electrons. The van der Waals surface area contributed by atoms with Gasteiger partial charge in [0.1, 0.15) is 0 Å². The van der Waals surface area contributed by atoms with E-state index in [1.165, 1.54) is 5.56 Å². The van der Waals surface area contributed by atoms with Gasteiger partial charge < -0.3 is 0 Å². The molecule has 0 bridgehead atoms. The number of benzene rings is 1. The molecule has 0 aromatic heterocycles. The summed E-state index contributed by atoms with van der Waals surface area (Å²) >= 11 is 2.28. The minimum atomic E-state index is 0.204. The Morgan fingerprint density at radius 1 is 1.08 bits per heavy atom. The molecule has 1 aliphatic carbocycles. The van der Waals surface area contributed by atoms with Gasteiger partial charge in [0.2, 0.25) is 0 Å². The second kappa shape index (κ2) is 3.58. The Bertz CT molecular complexity index is 337. The SMILES string of the molecule is [Li][C]1(c2ccccc2)C=CC=CC1. The zero-order valence-corrected chi connectivity index (χ0v) is 7.90. The third-order valence-corrected chi connectivity index (χ3v) is 2.69. The summed E-state index contributed by atoms with van der Waals surface area (Å²) in [6, 6.07) is 10.7. The van der Waals surface area contributed by atoms with Crippen LogP contribution in [0.2, 0.25) is 0 Å². The van der Waals surface area contributed by atoms with Crippen LogP contribution < -0.4 is 0 Å². The van der Waals surface area contributed by atoms with E-state index in [9.17, 15) is 0 Å². The first-order valence-corrected chi connectivity index (χ1v) is 4.71. The van der Waals surface area contributed by atoms with E-state index in [0.29, 0.717) is 0 Å². The van der Waals surface area contributed by atoms with Crippen LogP contribution in [0.25, 0.3) is 0 Å². The predicted octanol–water partition coefficient (Wildman–Crippen LogP) is 2.57. The molecule has 1 heteroatoms. The fourth-order valence-corrected chi connectivity index (χ4v) is 1.76. The Balaban J connectivity index is 2.35. The second-order valence-corrected chi connectivity index (χ2v) is 3.77. The zero-order valence-electron chi connectivity index (χ0n) is 7.90. The fourth-order valence-electron chi connectivity index (χ4n) is 1.76. The molecule has 0 aliphatic heterocycles. The maximum atomic E-state index is 2.28. The van der Waals surface area contributed by atoms with E-state index in [1.54, 1.807) is 0 Å². The Morgan fingerprint density at radius 3 is 2.46 bits per heavy atom. The molecule has 0 N–H and O–H groups in total. The number of rotatable bonds is 1. The summed E-state index contributed by atoms with van der Waals surface area (Å²) in [7, 11) is 0. The van der Waals surface area contributed by atoms with Gasteiger partial charge >= 0.3 is 88.4 Å². The van der Waals surface area contributed by atoms with Crippen molar-refractivity contribution in [3.05, 3.63) is 60.2 Å². The van der Waals surface area contributed by atoms with Crippen molar-refractivity contribution in [3.8, 4) is 0 Å². The quantitative estimate of drug-likeness (QED) is 0.557. The molecule has 60 valence electrons. The average molecular weight is 162 g/mol. The Morgan fingerprint density at radius 2 is 1.85 bits per heavy atom. The molecule has 0 fully saturated rings. The molecule has 2 rings (SSSR count). The summed E-state index contributed by atoms with van der Waals surface area (Å²) in [5, 5.41) is 0. The van der Waals surface area contributed by atoms with Gasteiger partial charge in [-0.1, -0.05) is 0 Å². The molecule has 1 aliphatic rings. The molecule has 0 saturated heterocycles. The van der Waals surface area contributed by atoms with E-state index in [-0.39, 0.29) is 4.09 Å². The van der Waals surface area contributed by atoms with E-state index in [4.69, 9.17) is 0 Å². The van der Waals surface area contributed by atoms with Crippen molar-refractivity contribution in [2.45, 2.75) is 10.5 Å². The molecule has 1 unspecified atom stereocenters. The molecule has 0 saturated carbocycles. The van der Waals surface area contributed by atoms with Gasteiger partial charge in [-0.05, 0) is 0 Å². The summed E-state index contributed by atoms with van der Waals surface area (Å²) < 4.78 is 0.204. The Hall–Kier alpha value is -0.703. The van der Waals surface area contributed by atoms with Crippen molar-refractivity contribution in [2.75, 3.05) is 0 Å². The van der Waals surface area contributed by atoms with Gasteiger partial charge in [-0.2, -0.15) is 0 Å². The maximum absolute atomic E-state index is 2.28. The minimum absolute atomic E-state index is 0.204. The average Bonchev–Trinajstić information content (AvgIpc) is 2.20. The van der Waals surface area contributed by atoms with Crippen LogP contribution in [0.15, 0.2) is 54.6 Å². The number of hydrogen-bond donors (Lipinski definition) is 0. The molecule has 0 heterocycles. The van der Waals surface area contributed by atoms with Gasteiger partial charge in [0.05, 0.1) is 0 Å². The molecule has 0 spiro atoms. The molecular formula is C12H11Li. The van der Waals surface area contributed by atoms with Crippen molar-refractivity contribution in [2.24, 2.45) is 0 Å². The van der Waals surface area contributed by atoms with Gasteiger partial charge in [-0.3, -0.25) is 0 Å². The van der Waals surface area contributed by atoms with Crippen LogP contribution in [-0.2, 0) is 4.09 Å². The van der Waals surface area contributed by atoms with Crippen LogP contribution in [0.1, 0.15) is 12.0 Å². The van der Waals surface area contributed by atoms with Gasteiger partial charge in [-0.25, -0.2) is 0 Å². The number of allylic oxidation sites excluding steroid dienone is 4. The van der Waals surface area contributed by atoms with Crippen LogP contribution >= 0.6 is 0 Å². The third kappa shape index (κ3) is 1.80. The van der Waals surface area contributed by atoms with Gasteiger partial charge in [0, 0.05) is 0 Å². The van der Waals surface area contributed by atoms with Crippen LogP contribution in [0.4, 0.5) is 0 Å². The van der Waals surface area contributed by atoms with Crippen molar-refractivity contribution in [1.29, 1.82) is 0 Å². The normalized spacial score (nSPS) is 26.3. The molecule has 1 aromatic rings. The van der Waals surface area contributed by atoms with Crippen LogP contribution in [-0.4, -0.2) is 17.7 Å². The summed E-state index contributed by atoms with van der Waals surface area (Å²) in [4.78, 5) is 0. The van der Waals surface area contributed by atoms with E-state index in [0.717, 1.165) is 6.42 Å². The molecule has 0 amide bonds. The van der Waals surface area contributed by atoms with Crippen molar-refractivity contribution in [1.82, 2.24) is 0 Å². The van der Waals surface area contributed by atoms with Crippen LogP contribution in [0, 0.1) is 0 Å². The van der Waals surface area contributed by atoms with Gasteiger partial charge in [0.15, 0.2) is 0 Å². The van der Waals surface area contributed by atoms with Gasteiger partial charge in [0.25, 0.3) is 0 Å². The Labute approximate surface area is 88.6 Å². The van der Waals surface area contributed by atoms with Gasteiger partial charge in [-0.15, -0.1) is 0 Å². The van der Waals surface area contributed by atoms with E-state index in [2.05, 4.69) is 72.4 Å². The van der Waals surface area contributed by atoms with E-state index >= 15 is 0 Å². The standard InChI is InChI=1S/C12H11.Li/c1-3-7-11(8-4-1)12-9-5-2-6-10-12;/h1-9H,10H2;. The van der Waals surface area contributed by atoms with E-state index < -0.39 is 0 Å².